The number of allylic oxidation sites excluding steroid dienone is 1. The molecule has 8 heteroatoms. The monoisotopic (exact) mass is 482 g/mol. The number of esters is 1. The summed E-state index contributed by atoms with van der Waals surface area (Å²) in [5.74, 6) is 0.257. The van der Waals surface area contributed by atoms with Gasteiger partial charge in [0, 0.05) is 5.02 Å². The van der Waals surface area contributed by atoms with Gasteiger partial charge >= 0.3 is 5.97 Å². The van der Waals surface area contributed by atoms with Crippen molar-refractivity contribution in [3.63, 3.8) is 0 Å². The van der Waals surface area contributed by atoms with Crippen LogP contribution in [0.3, 0.4) is 0 Å². The molecule has 1 aliphatic heterocycles. The molecule has 0 amide bonds. The van der Waals surface area contributed by atoms with Crippen LogP contribution in [0.5, 0.6) is 5.75 Å². The van der Waals surface area contributed by atoms with Crippen LogP contribution in [-0.2, 0) is 9.53 Å². The van der Waals surface area contributed by atoms with Gasteiger partial charge in [-0.3, -0.25) is 9.36 Å². The average molecular weight is 483 g/mol. The zero-order valence-corrected chi connectivity index (χ0v) is 20.3. The number of carbonyl (C=O) groups excluding carboxylic acids is 1. The van der Waals surface area contributed by atoms with Crippen LogP contribution in [0.4, 0.5) is 0 Å². The normalized spacial score (nSPS) is 15.8. The number of hydrogen-bond donors (Lipinski definition) is 0. The van der Waals surface area contributed by atoms with E-state index in [1.54, 1.807) is 37.7 Å². The lowest BCUT2D eigenvalue weighted by Crippen LogP contribution is -2.39. The third-order valence-corrected chi connectivity index (χ3v) is 6.67. The van der Waals surface area contributed by atoms with Gasteiger partial charge in [-0.05, 0) is 61.7 Å². The summed E-state index contributed by atoms with van der Waals surface area (Å²) < 4.78 is 12.8. The average Bonchev–Trinajstić information content (AvgIpc) is 3.09. The van der Waals surface area contributed by atoms with Crippen LogP contribution in [0.1, 0.15) is 36.6 Å². The van der Waals surface area contributed by atoms with E-state index in [1.807, 2.05) is 43.3 Å². The molecule has 0 spiro atoms. The maximum atomic E-state index is 13.6. The van der Waals surface area contributed by atoms with E-state index in [0.717, 1.165) is 22.4 Å². The fourth-order valence-corrected chi connectivity index (χ4v) is 5.00. The SMILES string of the molecule is CCOC(=O)C1=C(C)N=c2s/c(=C/c3ccc(C)c(OC)c3)c(=O)n2[C@@H]1c1ccc(Cl)cc1. The molecule has 1 atom stereocenters. The third-order valence-electron chi connectivity index (χ3n) is 5.43. The number of methoxy groups -OCH3 is 1. The van der Waals surface area contributed by atoms with Crippen LogP contribution in [0.15, 0.2) is 63.5 Å². The van der Waals surface area contributed by atoms with Crippen LogP contribution in [0, 0.1) is 6.92 Å². The van der Waals surface area contributed by atoms with Crippen LogP contribution < -0.4 is 19.6 Å². The second-order valence-corrected chi connectivity index (χ2v) is 9.03. The van der Waals surface area contributed by atoms with Crippen LogP contribution in [0.2, 0.25) is 5.02 Å². The number of nitrogens with zero attached hydrogens (tertiary/aromatic N) is 2. The highest BCUT2D eigenvalue weighted by molar-refractivity contribution is 7.07. The molecule has 6 nitrogen and oxygen atoms in total. The fraction of sp³-hybridized carbons (Fsp3) is 0.240. The molecule has 0 fully saturated rings. The van der Waals surface area contributed by atoms with Gasteiger partial charge in [0.05, 0.1) is 35.6 Å². The van der Waals surface area contributed by atoms with Gasteiger partial charge in [-0.1, -0.05) is 47.2 Å². The highest BCUT2D eigenvalue weighted by atomic mass is 35.5. The molecule has 0 bridgehead atoms. The summed E-state index contributed by atoms with van der Waals surface area (Å²) >= 11 is 7.37. The number of fused-ring (bicyclic) bond motifs is 1. The van der Waals surface area contributed by atoms with E-state index in [9.17, 15) is 9.59 Å². The maximum absolute atomic E-state index is 13.6. The van der Waals surface area contributed by atoms with Crippen LogP contribution in [0.25, 0.3) is 6.08 Å². The van der Waals surface area contributed by atoms with E-state index in [1.165, 1.54) is 11.3 Å². The minimum Gasteiger partial charge on any atom is -0.496 e. The molecule has 3 aromatic rings. The van der Waals surface area contributed by atoms with Gasteiger partial charge in [-0.15, -0.1) is 0 Å². The van der Waals surface area contributed by atoms with Crippen LogP contribution >= 0.6 is 22.9 Å². The van der Waals surface area contributed by atoms with Gasteiger partial charge in [0.1, 0.15) is 5.75 Å². The topological polar surface area (TPSA) is 69.9 Å². The van der Waals surface area contributed by atoms with Crippen molar-refractivity contribution in [2.75, 3.05) is 13.7 Å². The summed E-state index contributed by atoms with van der Waals surface area (Å²) in [4.78, 5) is 31.6. The number of benzene rings is 2. The first-order valence-electron chi connectivity index (χ1n) is 10.4. The van der Waals surface area contributed by atoms with Crippen LogP contribution in [-0.4, -0.2) is 24.3 Å². The predicted octanol–water partition coefficient (Wildman–Crippen LogP) is 3.77. The first-order chi connectivity index (χ1) is 15.8. The van der Waals surface area contributed by atoms with Crippen molar-refractivity contribution in [2.24, 2.45) is 4.99 Å². The Morgan fingerprint density at radius 1 is 1.21 bits per heavy atom. The summed E-state index contributed by atoms with van der Waals surface area (Å²) in [5.41, 5.74) is 3.24. The molecule has 0 saturated heterocycles. The van der Waals surface area contributed by atoms with E-state index in [4.69, 9.17) is 21.1 Å². The number of rotatable bonds is 5. The molecule has 1 aliphatic rings. The first-order valence-corrected chi connectivity index (χ1v) is 11.6. The molecule has 4 rings (SSSR count). The lowest BCUT2D eigenvalue weighted by Gasteiger charge is -2.24. The Morgan fingerprint density at radius 3 is 2.61 bits per heavy atom. The molecule has 33 heavy (non-hydrogen) atoms. The molecule has 2 heterocycles. The molecule has 170 valence electrons. The van der Waals surface area contributed by atoms with Gasteiger partial charge in [-0.25, -0.2) is 9.79 Å². The van der Waals surface area contributed by atoms with Crippen molar-refractivity contribution in [1.29, 1.82) is 0 Å². The largest absolute Gasteiger partial charge is 0.496 e. The number of thiazole rings is 1. The smallest absolute Gasteiger partial charge is 0.338 e. The lowest BCUT2D eigenvalue weighted by atomic mass is 9.96. The zero-order chi connectivity index (χ0) is 23.7. The van der Waals surface area contributed by atoms with E-state index in [2.05, 4.69) is 4.99 Å². The Balaban J connectivity index is 1.94. The second kappa shape index (κ2) is 9.37. The predicted molar refractivity (Wildman–Crippen MR) is 130 cm³/mol. The lowest BCUT2D eigenvalue weighted by molar-refractivity contribution is -0.139. The van der Waals surface area contributed by atoms with E-state index < -0.39 is 12.0 Å². The van der Waals surface area contributed by atoms with Gasteiger partial charge < -0.3 is 9.47 Å². The van der Waals surface area contributed by atoms with Crippen molar-refractivity contribution in [1.82, 2.24) is 4.57 Å². The summed E-state index contributed by atoms with van der Waals surface area (Å²) in [6, 6.07) is 12.2. The number of aryl methyl sites for hydroxylation is 1. The van der Waals surface area contributed by atoms with Crippen molar-refractivity contribution < 1.29 is 14.3 Å². The van der Waals surface area contributed by atoms with Crippen molar-refractivity contribution >= 4 is 35.0 Å². The summed E-state index contributed by atoms with van der Waals surface area (Å²) in [6.07, 6.45) is 1.81. The zero-order valence-electron chi connectivity index (χ0n) is 18.7. The fourth-order valence-electron chi connectivity index (χ4n) is 3.83. The molecular weight excluding hydrogens is 460 g/mol. The summed E-state index contributed by atoms with van der Waals surface area (Å²) in [5, 5.41) is 0.567. The van der Waals surface area contributed by atoms with E-state index in [-0.39, 0.29) is 12.2 Å². The molecule has 1 aromatic heterocycles. The van der Waals surface area contributed by atoms with E-state index >= 15 is 0 Å². The van der Waals surface area contributed by atoms with E-state index in [0.29, 0.717) is 25.6 Å². The number of ether oxygens (including phenoxy) is 2. The molecule has 0 saturated carbocycles. The standard InChI is InChI=1S/C25H23ClN2O4S/c1-5-32-24(30)21-15(3)27-25-28(22(21)17-8-10-18(26)11-9-17)23(29)20(33-25)13-16-7-6-14(2)19(12-16)31-4/h6-13,22H,5H2,1-4H3/b20-13+/t22-/m1/s1. The van der Waals surface area contributed by atoms with Gasteiger partial charge in [-0.2, -0.15) is 0 Å². The Morgan fingerprint density at radius 2 is 1.94 bits per heavy atom. The Hall–Kier alpha value is -3.16. The maximum Gasteiger partial charge on any atom is 0.338 e. The summed E-state index contributed by atoms with van der Waals surface area (Å²) in [7, 11) is 1.62. The van der Waals surface area contributed by atoms with Crippen molar-refractivity contribution in [3.8, 4) is 5.75 Å². The molecule has 0 aliphatic carbocycles. The van der Waals surface area contributed by atoms with Gasteiger partial charge in [0.2, 0.25) is 0 Å². The molecule has 0 unspecified atom stereocenters. The Bertz CT molecular complexity index is 1430. The first kappa shape index (κ1) is 23.0. The van der Waals surface area contributed by atoms with Gasteiger partial charge in [0.15, 0.2) is 4.80 Å². The quantitative estimate of drug-likeness (QED) is 0.519. The molecular formula is C25H23ClN2O4S. The highest BCUT2D eigenvalue weighted by Crippen LogP contribution is 2.31. The van der Waals surface area contributed by atoms with Gasteiger partial charge in [0.25, 0.3) is 5.56 Å². The summed E-state index contributed by atoms with van der Waals surface area (Å²) in [6.45, 7) is 5.69. The number of aromatic nitrogens is 1. The second-order valence-electron chi connectivity index (χ2n) is 7.58. The van der Waals surface area contributed by atoms with Crippen molar-refractivity contribution in [3.05, 3.63) is 95.1 Å². The number of halogens is 1. The number of hydrogen-bond acceptors (Lipinski definition) is 6. The Kier molecular flexibility index (Phi) is 6.54. The highest BCUT2D eigenvalue weighted by Gasteiger charge is 2.33. The molecule has 0 N–H and O–H groups in total. The number of carbonyl (C=O) groups is 1. The minimum atomic E-state index is -0.660. The van der Waals surface area contributed by atoms with Crippen molar-refractivity contribution in [2.45, 2.75) is 26.8 Å². The Labute approximate surface area is 200 Å². The molecule has 0 radical (unpaired) electrons. The minimum absolute atomic E-state index is 0.225. The third kappa shape index (κ3) is 4.38. The molecule has 2 aromatic carbocycles.